The number of carbonyl (C=O) groups excluding carboxylic acids is 1. The van der Waals surface area contributed by atoms with Gasteiger partial charge >= 0.3 is 0 Å². The molecule has 0 saturated heterocycles. The van der Waals surface area contributed by atoms with Crippen LogP contribution in [0.2, 0.25) is 0 Å². The summed E-state index contributed by atoms with van der Waals surface area (Å²) in [4.78, 5) is 11.6. The van der Waals surface area contributed by atoms with Crippen LogP contribution < -0.4 is 11.1 Å². The molecular weight excluding hydrogens is 306 g/mol. The molecule has 0 heterocycles. The van der Waals surface area contributed by atoms with Gasteiger partial charge in [-0.05, 0) is 40.8 Å². The predicted molar refractivity (Wildman–Crippen MR) is 68.0 cm³/mol. The van der Waals surface area contributed by atoms with Crippen molar-refractivity contribution in [3.8, 4) is 0 Å². The molecule has 3 N–H and O–H groups in total. The van der Waals surface area contributed by atoms with Crippen LogP contribution in [-0.2, 0) is 4.79 Å². The fourth-order valence-electron chi connectivity index (χ4n) is 1.72. The van der Waals surface area contributed by atoms with Crippen LogP contribution in [0.3, 0.4) is 0 Å². The number of hydrogen-bond donors (Lipinski definition) is 2. The Kier molecular flexibility index (Phi) is 3.97. The number of hydrogen-bond acceptors (Lipinski definition) is 2. The van der Waals surface area contributed by atoms with E-state index >= 15 is 0 Å². The Morgan fingerprint density at radius 1 is 1.44 bits per heavy atom. The maximum absolute atomic E-state index is 13.5. The summed E-state index contributed by atoms with van der Waals surface area (Å²) in [6.45, 7) is 0. The van der Waals surface area contributed by atoms with Crippen LogP contribution in [0.4, 0.5) is 14.5 Å². The maximum atomic E-state index is 13.5. The monoisotopic (exact) mass is 318 g/mol. The molecular formula is C12H13BrF2N2O. The molecule has 3 nitrogen and oxygen atoms in total. The molecule has 98 valence electrons. The first-order chi connectivity index (χ1) is 8.47. The molecule has 0 radical (unpaired) electrons. The number of nitrogens with one attached hydrogen (secondary N) is 1. The van der Waals surface area contributed by atoms with Crippen molar-refractivity contribution in [1.82, 2.24) is 0 Å². The van der Waals surface area contributed by atoms with Gasteiger partial charge in [-0.2, -0.15) is 0 Å². The average molecular weight is 319 g/mol. The van der Waals surface area contributed by atoms with E-state index in [1.54, 1.807) is 0 Å². The topological polar surface area (TPSA) is 55.1 Å². The summed E-state index contributed by atoms with van der Waals surface area (Å²) in [7, 11) is 0. The van der Waals surface area contributed by atoms with E-state index in [0.29, 0.717) is 5.92 Å². The second-order valence-corrected chi connectivity index (χ2v) is 5.35. The molecule has 1 amide bonds. The second kappa shape index (κ2) is 5.32. The van der Waals surface area contributed by atoms with E-state index in [4.69, 9.17) is 5.73 Å². The number of halogens is 3. The third-order valence-corrected chi connectivity index (χ3v) is 3.54. The van der Waals surface area contributed by atoms with Gasteiger partial charge in [-0.25, -0.2) is 8.78 Å². The molecule has 1 aliphatic carbocycles. The number of nitrogens with two attached hydrogens (primary N) is 1. The zero-order valence-electron chi connectivity index (χ0n) is 9.55. The zero-order chi connectivity index (χ0) is 13.3. The fourth-order valence-corrected chi connectivity index (χ4v) is 2.04. The highest BCUT2D eigenvalue weighted by atomic mass is 79.9. The third kappa shape index (κ3) is 3.26. The van der Waals surface area contributed by atoms with Gasteiger partial charge in [-0.3, -0.25) is 4.79 Å². The van der Waals surface area contributed by atoms with Crippen LogP contribution >= 0.6 is 15.9 Å². The van der Waals surface area contributed by atoms with E-state index in [9.17, 15) is 13.6 Å². The number of benzene rings is 1. The molecule has 1 saturated carbocycles. The van der Waals surface area contributed by atoms with Crippen LogP contribution in [0.5, 0.6) is 0 Å². The Morgan fingerprint density at radius 2 is 2.11 bits per heavy atom. The van der Waals surface area contributed by atoms with Crippen molar-refractivity contribution in [2.24, 2.45) is 11.7 Å². The normalized spacial score (nSPS) is 16.4. The van der Waals surface area contributed by atoms with Gasteiger partial charge in [0.25, 0.3) is 0 Å². The number of carbonyl (C=O) groups is 1. The Bertz CT molecular complexity index is 477. The minimum Gasteiger partial charge on any atom is -0.327 e. The Morgan fingerprint density at radius 3 is 2.72 bits per heavy atom. The zero-order valence-corrected chi connectivity index (χ0v) is 11.1. The highest BCUT2D eigenvalue weighted by Gasteiger charge is 2.29. The summed E-state index contributed by atoms with van der Waals surface area (Å²) in [5.74, 6) is -1.31. The lowest BCUT2D eigenvalue weighted by Crippen LogP contribution is -2.29. The highest BCUT2D eigenvalue weighted by Crippen LogP contribution is 2.33. The molecule has 18 heavy (non-hydrogen) atoms. The summed E-state index contributed by atoms with van der Waals surface area (Å²) in [5.41, 5.74) is 5.63. The minimum absolute atomic E-state index is 0.0210. The van der Waals surface area contributed by atoms with Crippen molar-refractivity contribution in [2.75, 3.05) is 5.32 Å². The fraction of sp³-hybridized carbons (Fsp3) is 0.417. The standard InChI is InChI=1S/C12H13BrF2N2O/c13-7-3-9(15)11(4-8(7)14)17-12(18)5-10(16)6-1-2-6/h3-4,6,10H,1-2,5,16H2,(H,17,18). The van der Waals surface area contributed by atoms with E-state index < -0.39 is 17.5 Å². The lowest BCUT2D eigenvalue weighted by molar-refractivity contribution is -0.116. The molecule has 1 fully saturated rings. The van der Waals surface area contributed by atoms with Gasteiger partial charge in [0.1, 0.15) is 11.6 Å². The smallest absolute Gasteiger partial charge is 0.226 e. The maximum Gasteiger partial charge on any atom is 0.226 e. The van der Waals surface area contributed by atoms with E-state index in [-0.39, 0.29) is 22.6 Å². The van der Waals surface area contributed by atoms with Crippen molar-refractivity contribution in [3.63, 3.8) is 0 Å². The van der Waals surface area contributed by atoms with Crippen LogP contribution in [0.1, 0.15) is 19.3 Å². The summed E-state index contributed by atoms with van der Waals surface area (Å²) >= 11 is 2.87. The van der Waals surface area contributed by atoms with Crippen molar-refractivity contribution in [3.05, 3.63) is 28.2 Å². The highest BCUT2D eigenvalue weighted by molar-refractivity contribution is 9.10. The summed E-state index contributed by atoms with van der Waals surface area (Å²) in [6.07, 6.45) is 2.20. The molecule has 6 heteroatoms. The largest absolute Gasteiger partial charge is 0.327 e. The first kappa shape index (κ1) is 13.4. The first-order valence-electron chi connectivity index (χ1n) is 5.67. The van der Waals surface area contributed by atoms with Crippen molar-refractivity contribution in [2.45, 2.75) is 25.3 Å². The van der Waals surface area contributed by atoms with Crippen molar-refractivity contribution >= 4 is 27.5 Å². The molecule has 2 rings (SSSR count). The first-order valence-corrected chi connectivity index (χ1v) is 6.46. The molecule has 1 aromatic rings. The quantitative estimate of drug-likeness (QED) is 0.839. The summed E-state index contributed by atoms with van der Waals surface area (Å²) < 4.78 is 26.7. The van der Waals surface area contributed by atoms with Gasteiger partial charge in [-0.1, -0.05) is 0 Å². The molecule has 1 atom stereocenters. The van der Waals surface area contributed by atoms with Gasteiger partial charge in [0, 0.05) is 18.5 Å². The van der Waals surface area contributed by atoms with Gasteiger partial charge in [0.05, 0.1) is 10.2 Å². The molecule has 1 aliphatic rings. The number of rotatable bonds is 4. The Hall–Kier alpha value is -1.01. The number of anilines is 1. The van der Waals surface area contributed by atoms with E-state index in [0.717, 1.165) is 25.0 Å². The lowest BCUT2D eigenvalue weighted by atomic mass is 10.1. The van der Waals surface area contributed by atoms with Gasteiger partial charge in [0.2, 0.25) is 5.91 Å². The minimum atomic E-state index is -0.684. The van der Waals surface area contributed by atoms with Gasteiger partial charge in [0.15, 0.2) is 0 Å². The molecule has 1 aromatic carbocycles. The molecule has 1 unspecified atom stereocenters. The summed E-state index contributed by atoms with van der Waals surface area (Å²) in [6, 6.07) is 1.72. The average Bonchev–Trinajstić information content (AvgIpc) is 3.09. The van der Waals surface area contributed by atoms with Crippen molar-refractivity contribution < 1.29 is 13.6 Å². The van der Waals surface area contributed by atoms with Crippen LogP contribution in [0.25, 0.3) is 0 Å². The molecule has 0 aromatic heterocycles. The van der Waals surface area contributed by atoms with Crippen LogP contribution in [-0.4, -0.2) is 11.9 Å². The molecule has 0 aliphatic heterocycles. The number of amides is 1. The van der Waals surface area contributed by atoms with Crippen LogP contribution in [0, 0.1) is 17.6 Å². The van der Waals surface area contributed by atoms with Gasteiger partial charge in [-0.15, -0.1) is 0 Å². The lowest BCUT2D eigenvalue weighted by Gasteiger charge is -2.11. The van der Waals surface area contributed by atoms with Gasteiger partial charge < -0.3 is 11.1 Å². The third-order valence-electron chi connectivity index (χ3n) is 2.93. The van der Waals surface area contributed by atoms with Crippen molar-refractivity contribution in [1.29, 1.82) is 0 Å². The van der Waals surface area contributed by atoms with Crippen LogP contribution in [0.15, 0.2) is 16.6 Å². The molecule has 0 bridgehead atoms. The Balaban J connectivity index is 1.99. The predicted octanol–water partition coefficient (Wildman–Crippen LogP) is 2.79. The Labute approximate surface area is 112 Å². The second-order valence-electron chi connectivity index (χ2n) is 4.50. The van der Waals surface area contributed by atoms with E-state index in [2.05, 4.69) is 21.2 Å². The summed E-state index contributed by atoms with van der Waals surface area (Å²) in [5, 5.41) is 2.34. The molecule has 0 spiro atoms. The van der Waals surface area contributed by atoms with E-state index in [1.807, 2.05) is 0 Å². The SMILES string of the molecule is NC(CC(=O)Nc1cc(F)c(Br)cc1F)C1CC1. The van der Waals surface area contributed by atoms with E-state index in [1.165, 1.54) is 0 Å².